The Morgan fingerprint density at radius 2 is 2.25 bits per heavy atom. The number of nitriles is 1. The zero-order valence-electron chi connectivity index (χ0n) is 11.1. The van der Waals surface area contributed by atoms with Gasteiger partial charge in [-0.3, -0.25) is 5.01 Å². The van der Waals surface area contributed by atoms with E-state index in [-0.39, 0.29) is 18.2 Å². The first-order valence-corrected chi connectivity index (χ1v) is 6.35. The van der Waals surface area contributed by atoms with Gasteiger partial charge in [0.15, 0.2) is 0 Å². The molecule has 1 atom stereocenters. The van der Waals surface area contributed by atoms with Crippen molar-refractivity contribution in [1.29, 1.82) is 5.26 Å². The summed E-state index contributed by atoms with van der Waals surface area (Å²) >= 11 is 0. The van der Waals surface area contributed by atoms with E-state index in [1.165, 1.54) is 12.1 Å². The number of anilines is 1. The Morgan fingerprint density at radius 1 is 1.55 bits per heavy atom. The van der Waals surface area contributed by atoms with Crippen LogP contribution in [0.1, 0.15) is 19.8 Å². The van der Waals surface area contributed by atoms with E-state index in [4.69, 9.17) is 10.00 Å². The predicted molar refractivity (Wildman–Crippen MR) is 73.3 cm³/mol. The number of phenols is 1. The first-order valence-electron chi connectivity index (χ1n) is 6.35. The van der Waals surface area contributed by atoms with E-state index in [9.17, 15) is 9.90 Å². The predicted octanol–water partition coefficient (Wildman–Crippen LogP) is 1.80. The second kappa shape index (κ2) is 6.06. The topological polar surface area (TPSA) is 85.9 Å². The van der Waals surface area contributed by atoms with Crippen LogP contribution in [0, 0.1) is 11.3 Å². The van der Waals surface area contributed by atoms with E-state index in [0.29, 0.717) is 18.7 Å². The lowest BCUT2D eigenvalue weighted by molar-refractivity contribution is -0.135. The molecule has 0 bridgehead atoms. The fourth-order valence-electron chi connectivity index (χ4n) is 2.04. The van der Waals surface area contributed by atoms with Crippen LogP contribution in [0.2, 0.25) is 0 Å². The van der Waals surface area contributed by atoms with Gasteiger partial charge in [0, 0.05) is 6.42 Å². The molecule has 1 aromatic carbocycles. The average Bonchev–Trinajstić information content (AvgIpc) is 2.84. The first kappa shape index (κ1) is 13.9. The van der Waals surface area contributed by atoms with Crippen molar-refractivity contribution in [3.05, 3.63) is 24.3 Å². The third kappa shape index (κ3) is 2.88. The zero-order chi connectivity index (χ0) is 14.5. The Morgan fingerprint density at radius 3 is 2.85 bits per heavy atom. The summed E-state index contributed by atoms with van der Waals surface area (Å²) < 4.78 is 4.94. The van der Waals surface area contributed by atoms with Crippen molar-refractivity contribution in [3.8, 4) is 11.8 Å². The molecule has 1 aliphatic rings. The molecule has 0 aliphatic carbocycles. The standard InChI is InChI=1S/C14H15N3O3/c1-2-20-14(19)13-9-11(7-8-15)17(16-13)10-3-5-12(18)6-4-10/h3-6,11,18H,2,7,9H2,1H3. The van der Waals surface area contributed by atoms with Gasteiger partial charge < -0.3 is 9.84 Å². The zero-order valence-corrected chi connectivity index (χ0v) is 11.1. The minimum atomic E-state index is -0.447. The van der Waals surface area contributed by atoms with Crippen LogP contribution >= 0.6 is 0 Å². The van der Waals surface area contributed by atoms with Crippen molar-refractivity contribution in [2.75, 3.05) is 11.6 Å². The van der Waals surface area contributed by atoms with Gasteiger partial charge in [-0.1, -0.05) is 0 Å². The van der Waals surface area contributed by atoms with Crippen LogP contribution in [0.5, 0.6) is 5.75 Å². The molecule has 1 heterocycles. The highest BCUT2D eigenvalue weighted by Crippen LogP contribution is 2.27. The number of phenolic OH excluding ortho intramolecular Hbond substituents is 1. The molecule has 0 amide bonds. The Kier molecular flexibility index (Phi) is 4.20. The molecule has 0 saturated heterocycles. The number of hydrogen-bond donors (Lipinski definition) is 1. The van der Waals surface area contributed by atoms with E-state index in [1.807, 2.05) is 0 Å². The van der Waals surface area contributed by atoms with Crippen LogP contribution in [0.4, 0.5) is 5.69 Å². The summed E-state index contributed by atoms with van der Waals surface area (Å²) in [5, 5.41) is 24.1. The van der Waals surface area contributed by atoms with Crippen LogP contribution < -0.4 is 5.01 Å². The Hall–Kier alpha value is -2.55. The molecule has 0 radical (unpaired) electrons. The van der Waals surface area contributed by atoms with Crippen molar-refractivity contribution in [2.24, 2.45) is 5.10 Å². The molecule has 0 aromatic heterocycles. The van der Waals surface area contributed by atoms with E-state index in [2.05, 4.69) is 11.2 Å². The molecule has 2 rings (SSSR count). The van der Waals surface area contributed by atoms with Crippen LogP contribution in [0.25, 0.3) is 0 Å². The number of carbonyl (C=O) groups excluding carboxylic acids is 1. The Labute approximate surface area is 116 Å². The lowest BCUT2D eigenvalue weighted by Crippen LogP contribution is -2.26. The van der Waals surface area contributed by atoms with Gasteiger partial charge in [0.25, 0.3) is 0 Å². The van der Waals surface area contributed by atoms with Gasteiger partial charge in [0.05, 0.1) is 30.8 Å². The van der Waals surface area contributed by atoms with Crippen molar-refractivity contribution < 1.29 is 14.6 Å². The molecule has 1 aliphatic heterocycles. The summed E-state index contributed by atoms with van der Waals surface area (Å²) in [5.41, 5.74) is 1.04. The van der Waals surface area contributed by atoms with Crippen molar-refractivity contribution >= 4 is 17.4 Å². The largest absolute Gasteiger partial charge is 0.508 e. The normalized spacial score (nSPS) is 17.5. The first-order chi connectivity index (χ1) is 9.65. The fourth-order valence-corrected chi connectivity index (χ4v) is 2.04. The van der Waals surface area contributed by atoms with E-state index < -0.39 is 5.97 Å². The van der Waals surface area contributed by atoms with Crippen LogP contribution in [-0.4, -0.2) is 29.4 Å². The number of nitrogens with zero attached hydrogens (tertiary/aromatic N) is 3. The number of aromatic hydroxyl groups is 1. The van der Waals surface area contributed by atoms with Gasteiger partial charge in [-0.15, -0.1) is 0 Å². The minimum absolute atomic E-state index is 0.152. The smallest absolute Gasteiger partial charge is 0.354 e. The van der Waals surface area contributed by atoms with Gasteiger partial charge in [-0.2, -0.15) is 10.4 Å². The maximum atomic E-state index is 11.7. The highest BCUT2D eigenvalue weighted by Gasteiger charge is 2.31. The molecule has 6 nitrogen and oxygen atoms in total. The SMILES string of the molecule is CCOC(=O)C1=NN(c2ccc(O)cc2)C(CC#N)C1. The molecule has 0 saturated carbocycles. The highest BCUT2D eigenvalue weighted by molar-refractivity contribution is 6.37. The van der Waals surface area contributed by atoms with Gasteiger partial charge in [-0.25, -0.2) is 4.79 Å². The lowest BCUT2D eigenvalue weighted by atomic mass is 10.1. The summed E-state index contributed by atoms with van der Waals surface area (Å²) in [6.07, 6.45) is 0.639. The number of hydrogen-bond acceptors (Lipinski definition) is 6. The molecule has 0 fully saturated rings. The molecule has 6 heteroatoms. The molecule has 1 aromatic rings. The molecule has 0 spiro atoms. The third-order valence-electron chi connectivity index (χ3n) is 2.96. The molecular formula is C14H15N3O3. The maximum absolute atomic E-state index is 11.7. The molecule has 20 heavy (non-hydrogen) atoms. The average molecular weight is 273 g/mol. The summed E-state index contributed by atoms with van der Waals surface area (Å²) in [6.45, 7) is 2.03. The number of esters is 1. The molecule has 1 unspecified atom stereocenters. The quantitative estimate of drug-likeness (QED) is 0.845. The second-order valence-electron chi connectivity index (χ2n) is 4.35. The van der Waals surface area contributed by atoms with Gasteiger partial charge in [0.1, 0.15) is 11.5 Å². The minimum Gasteiger partial charge on any atom is -0.508 e. The van der Waals surface area contributed by atoms with Crippen molar-refractivity contribution in [2.45, 2.75) is 25.8 Å². The third-order valence-corrected chi connectivity index (χ3v) is 2.96. The number of benzene rings is 1. The van der Waals surface area contributed by atoms with Gasteiger partial charge in [-0.05, 0) is 31.2 Å². The van der Waals surface area contributed by atoms with Crippen molar-refractivity contribution in [1.82, 2.24) is 0 Å². The number of ether oxygens (including phenoxy) is 1. The second-order valence-corrected chi connectivity index (χ2v) is 4.35. The molecule has 1 N–H and O–H groups in total. The lowest BCUT2D eigenvalue weighted by Gasteiger charge is -2.21. The number of carbonyl (C=O) groups is 1. The van der Waals surface area contributed by atoms with E-state index in [1.54, 1.807) is 24.1 Å². The molecule has 104 valence electrons. The van der Waals surface area contributed by atoms with Gasteiger partial charge in [0.2, 0.25) is 0 Å². The van der Waals surface area contributed by atoms with E-state index >= 15 is 0 Å². The maximum Gasteiger partial charge on any atom is 0.354 e. The number of hydrazone groups is 1. The molecular weight excluding hydrogens is 258 g/mol. The van der Waals surface area contributed by atoms with Crippen molar-refractivity contribution in [3.63, 3.8) is 0 Å². The van der Waals surface area contributed by atoms with Crippen LogP contribution in [0.15, 0.2) is 29.4 Å². The van der Waals surface area contributed by atoms with Gasteiger partial charge >= 0.3 is 5.97 Å². The summed E-state index contributed by atoms with van der Waals surface area (Å²) in [5.74, 6) is -0.295. The number of rotatable bonds is 4. The summed E-state index contributed by atoms with van der Waals surface area (Å²) in [7, 11) is 0. The summed E-state index contributed by atoms with van der Waals surface area (Å²) in [4.78, 5) is 11.7. The highest BCUT2D eigenvalue weighted by atomic mass is 16.5. The Bertz CT molecular complexity index is 560. The Balaban J connectivity index is 2.24. The fraction of sp³-hybridized carbons (Fsp3) is 0.357. The van der Waals surface area contributed by atoms with E-state index in [0.717, 1.165) is 5.69 Å². The summed E-state index contributed by atoms with van der Waals surface area (Å²) in [6, 6.07) is 8.37. The van der Waals surface area contributed by atoms with Crippen LogP contribution in [0.3, 0.4) is 0 Å². The monoisotopic (exact) mass is 273 g/mol. The van der Waals surface area contributed by atoms with Crippen LogP contribution in [-0.2, 0) is 9.53 Å².